The van der Waals surface area contributed by atoms with Gasteiger partial charge in [-0.25, -0.2) is 0 Å². The number of nitrogens with one attached hydrogen (secondary N) is 1. The molecule has 0 heterocycles. The molecule has 112 valence electrons. The van der Waals surface area contributed by atoms with Gasteiger partial charge in [0.1, 0.15) is 5.75 Å². The molecule has 2 aromatic carbocycles. The van der Waals surface area contributed by atoms with Crippen LogP contribution >= 0.6 is 27.5 Å². The Morgan fingerprint density at radius 2 is 1.86 bits per heavy atom. The molecule has 0 atom stereocenters. The molecule has 2 aromatic rings. The molecule has 0 saturated carbocycles. The van der Waals surface area contributed by atoms with Gasteiger partial charge in [-0.05, 0) is 24.3 Å². The Morgan fingerprint density at radius 1 is 1.14 bits per heavy atom. The largest absolute Gasteiger partial charge is 0.573 e. The molecule has 0 aliphatic carbocycles. The smallest absolute Gasteiger partial charge is 0.405 e. The lowest BCUT2D eigenvalue weighted by atomic mass is 10.2. The van der Waals surface area contributed by atoms with Gasteiger partial charge < -0.3 is 10.1 Å². The number of benzene rings is 2. The monoisotopic (exact) mass is 379 g/mol. The van der Waals surface area contributed by atoms with Crippen molar-refractivity contribution in [2.24, 2.45) is 0 Å². The lowest BCUT2D eigenvalue weighted by Gasteiger charge is -2.14. The van der Waals surface area contributed by atoms with Gasteiger partial charge in [0.25, 0.3) is 0 Å². The molecular weight excluding hydrogens is 371 g/mol. The van der Waals surface area contributed by atoms with Crippen LogP contribution in [0.15, 0.2) is 46.9 Å². The molecule has 2 nitrogen and oxygen atoms in total. The summed E-state index contributed by atoms with van der Waals surface area (Å²) in [5.41, 5.74) is 0.999. The maximum atomic E-state index is 12.3. The minimum Gasteiger partial charge on any atom is -0.405 e. The van der Waals surface area contributed by atoms with Crippen LogP contribution in [0.25, 0.3) is 0 Å². The summed E-state index contributed by atoms with van der Waals surface area (Å²) in [7, 11) is 0. The molecule has 0 fully saturated rings. The van der Waals surface area contributed by atoms with Crippen LogP contribution in [0.3, 0.4) is 0 Å². The van der Waals surface area contributed by atoms with E-state index in [1.807, 2.05) is 0 Å². The summed E-state index contributed by atoms with van der Waals surface area (Å²) in [6.07, 6.45) is -4.72. The quantitative estimate of drug-likeness (QED) is 0.744. The number of alkyl halides is 3. The normalized spacial score (nSPS) is 11.3. The highest BCUT2D eigenvalue weighted by atomic mass is 79.9. The van der Waals surface area contributed by atoms with Crippen LogP contribution in [0.4, 0.5) is 18.9 Å². The first-order valence-corrected chi connectivity index (χ1v) is 7.05. The Morgan fingerprint density at radius 3 is 2.57 bits per heavy atom. The number of anilines is 1. The average molecular weight is 381 g/mol. The van der Waals surface area contributed by atoms with Crippen LogP contribution in [0.5, 0.6) is 5.75 Å². The van der Waals surface area contributed by atoms with Crippen molar-refractivity contribution < 1.29 is 17.9 Å². The van der Waals surface area contributed by atoms with Gasteiger partial charge >= 0.3 is 6.36 Å². The molecule has 0 saturated heterocycles. The van der Waals surface area contributed by atoms with E-state index in [4.69, 9.17) is 11.6 Å². The first-order valence-electron chi connectivity index (χ1n) is 5.88. The zero-order chi connectivity index (χ0) is 15.5. The van der Waals surface area contributed by atoms with Crippen LogP contribution < -0.4 is 10.1 Å². The summed E-state index contributed by atoms with van der Waals surface area (Å²) in [6, 6.07) is 11.2. The second kappa shape index (κ2) is 6.58. The van der Waals surface area contributed by atoms with E-state index in [9.17, 15) is 13.2 Å². The van der Waals surface area contributed by atoms with Crippen LogP contribution in [-0.4, -0.2) is 6.36 Å². The second-order valence-electron chi connectivity index (χ2n) is 4.13. The van der Waals surface area contributed by atoms with E-state index in [1.54, 1.807) is 30.3 Å². The standard InChI is InChI=1S/C14H10BrClF3NO/c15-10-5-6-11(16)12(7-10)20-8-9-3-1-2-4-13(9)21-14(17,18)19/h1-7,20H,8H2. The van der Waals surface area contributed by atoms with Crippen molar-refractivity contribution in [1.82, 2.24) is 0 Å². The van der Waals surface area contributed by atoms with Gasteiger partial charge in [-0.2, -0.15) is 0 Å². The molecule has 0 radical (unpaired) electrons. The van der Waals surface area contributed by atoms with E-state index in [1.165, 1.54) is 12.1 Å². The molecule has 2 rings (SSSR count). The third-order valence-electron chi connectivity index (χ3n) is 2.60. The number of ether oxygens (including phenoxy) is 1. The van der Waals surface area contributed by atoms with Gasteiger partial charge in [-0.3, -0.25) is 0 Å². The SMILES string of the molecule is FC(F)(F)Oc1ccccc1CNc1cc(Br)ccc1Cl. The molecule has 0 aromatic heterocycles. The predicted octanol–water partition coefficient (Wildman–Crippen LogP) is 5.61. The van der Waals surface area contributed by atoms with Gasteiger partial charge in [-0.1, -0.05) is 45.7 Å². The van der Waals surface area contributed by atoms with Gasteiger partial charge in [0.05, 0.1) is 10.7 Å². The van der Waals surface area contributed by atoms with Crippen molar-refractivity contribution in [2.75, 3.05) is 5.32 Å². The Labute approximate surface area is 133 Å². The van der Waals surface area contributed by atoms with E-state index in [2.05, 4.69) is 26.0 Å². The Bertz CT molecular complexity index is 634. The highest BCUT2D eigenvalue weighted by Gasteiger charge is 2.31. The molecule has 0 aliphatic rings. The topological polar surface area (TPSA) is 21.3 Å². The molecule has 1 N–H and O–H groups in total. The molecule has 0 unspecified atom stereocenters. The fourth-order valence-corrected chi connectivity index (χ4v) is 2.24. The van der Waals surface area contributed by atoms with E-state index >= 15 is 0 Å². The fourth-order valence-electron chi connectivity index (χ4n) is 1.70. The third kappa shape index (κ3) is 4.82. The maximum absolute atomic E-state index is 12.3. The number of para-hydroxylation sites is 1. The fraction of sp³-hybridized carbons (Fsp3) is 0.143. The van der Waals surface area contributed by atoms with Crippen LogP contribution in [0.2, 0.25) is 5.02 Å². The summed E-state index contributed by atoms with van der Waals surface area (Å²) >= 11 is 9.32. The van der Waals surface area contributed by atoms with Crippen molar-refractivity contribution in [3.63, 3.8) is 0 Å². The number of hydrogen-bond acceptors (Lipinski definition) is 2. The van der Waals surface area contributed by atoms with E-state index in [0.717, 1.165) is 4.47 Å². The minimum atomic E-state index is -4.72. The zero-order valence-electron chi connectivity index (χ0n) is 10.5. The maximum Gasteiger partial charge on any atom is 0.573 e. The number of rotatable bonds is 4. The Hall–Kier alpha value is -1.40. The van der Waals surface area contributed by atoms with Crippen molar-refractivity contribution in [1.29, 1.82) is 0 Å². The van der Waals surface area contributed by atoms with E-state index < -0.39 is 6.36 Å². The van der Waals surface area contributed by atoms with Crippen LogP contribution in [0.1, 0.15) is 5.56 Å². The molecule has 0 spiro atoms. The Balaban J connectivity index is 2.15. The Kier molecular flexibility index (Phi) is 5.00. The predicted molar refractivity (Wildman–Crippen MR) is 79.6 cm³/mol. The lowest BCUT2D eigenvalue weighted by molar-refractivity contribution is -0.274. The third-order valence-corrected chi connectivity index (χ3v) is 3.42. The van der Waals surface area contributed by atoms with Gasteiger partial charge in [0.15, 0.2) is 0 Å². The molecule has 0 bridgehead atoms. The van der Waals surface area contributed by atoms with Gasteiger partial charge in [0, 0.05) is 16.6 Å². The second-order valence-corrected chi connectivity index (χ2v) is 5.46. The van der Waals surface area contributed by atoms with E-state index in [-0.39, 0.29) is 12.3 Å². The molecule has 0 aliphatic heterocycles. The van der Waals surface area contributed by atoms with Crippen LogP contribution in [0, 0.1) is 0 Å². The van der Waals surface area contributed by atoms with Crippen molar-refractivity contribution >= 4 is 33.2 Å². The minimum absolute atomic E-state index is 0.155. The number of halogens is 5. The summed E-state index contributed by atoms with van der Waals surface area (Å²) < 4.78 is 41.8. The highest BCUT2D eigenvalue weighted by molar-refractivity contribution is 9.10. The molecule has 0 amide bonds. The van der Waals surface area contributed by atoms with Crippen molar-refractivity contribution in [3.8, 4) is 5.75 Å². The van der Waals surface area contributed by atoms with Crippen molar-refractivity contribution in [3.05, 3.63) is 57.5 Å². The first-order chi connectivity index (χ1) is 9.85. The summed E-state index contributed by atoms with van der Waals surface area (Å²) in [5, 5.41) is 3.47. The lowest BCUT2D eigenvalue weighted by Crippen LogP contribution is -2.18. The highest BCUT2D eigenvalue weighted by Crippen LogP contribution is 2.29. The van der Waals surface area contributed by atoms with Gasteiger partial charge in [-0.15, -0.1) is 13.2 Å². The molecule has 7 heteroatoms. The van der Waals surface area contributed by atoms with Crippen molar-refractivity contribution in [2.45, 2.75) is 12.9 Å². The number of hydrogen-bond donors (Lipinski definition) is 1. The van der Waals surface area contributed by atoms with E-state index in [0.29, 0.717) is 16.3 Å². The summed E-state index contributed by atoms with van der Waals surface area (Å²) in [5.74, 6) is -0.233. The molecular formula is C14H10BrClF3NO. The zero-order valence-corrected chi connectivity index (χ0v) is 12.9. The summed E-state index contributed by atoms with van der Waals surface area (Å²) in [6.45, 7) is 0.155. The molecule has 21 heavy (non-hydrogen) atoms. The van der Waals surface area contributed by atoms with Gasteiger partial charge in [0.2, 0.25) is 0 Å². The first kappa shape index (κ1) is 16.0. The average Bonchev–Trinajstić information content (AvgIpc) is 2.39. The van der Waals surface area contributed by atoms with Crippen LogP contribution in [-0.2, 0) is 6.54 Å². The summed E-state index contributed by atoms with van der Waals surface area (Å²) in [4.78, 5) is 0.